The molecule has 2 rings (SSSR count). The SMILES string of the molecule is CC(C)(CO)c1ccc2ccccc2c1. The van der Waals surface area contributed by atoms with Gasteiger partial charge in [-0.1, -0.05) is 56.3 Å². The molecule has 0 spiro atoms. The summed E-state index contributed by atoms with van der Waals surface area (Å²) in [5.74, 6) is 0. The highest BCUT2D eigenvalue weighted by Gasteiger charge is 2.19. The Labute approximate surface area is 90.4 Å². The van der Waals surface area contributed by atoms with Crippen LogP contribution in [0.3, 0.4) is 0 Å². The molecule has 0 radical (unpaired) electrons. The van der Waals surface area contributed by atoms with E-state index < -0.39 is 0 Å². The fourth-order valence-corrected chi connectivity index (χ4v) is 1.70. The smallest absolute Gasteiger partial charge is 0.0522 e. The second-order valence-electron chi connectivity index (χ2n) is 4.60. The van der Waals surface area contributed by atoms with Gasteiger partial charge in [0.1, 0.15) is 0 Å². The van der Waals surface area contributed by atoms with E-state index in [9.17, 15) is 5.11 Å². The zero-order valence-electron chi connectivity index (χ0n) is 9.20. The highest BCUT2D eigenvalue weighted by Crippen LogP contribution is 2.25. The zero-order valence-corrected chi connectivity index (χ0v) is 9.20. The summed E-state index contributed by atoms with van der Waals surface area (Å²) in [6.07, 6.45) is 0. The molecule has 0 amide bonds. The maximum absolute atomic E-state index is 9.32. The Kier molecular flexibility index (Phi) is 2.49. The lowest BCUT2D eigenvalue weighted by atomic mass is 9.84. The Hall–Kier alpha value is -1.34. The van der Waals surface area contributed by atoms with Crippen LogP contribution in [0.25, 0.3) is 10.8 Å². The maximum atomic E-state index is 9.32. The molecule has 0 aliphatic heterocycles. The van der Waals surface area contributed by atoms with Gasteiger partial charge in [-0.25, -0.2) is 0 Å². The van der Waals surface area contributed by atoms with E-state index >= 15 is 0 Å². The molecule has 0 unspecified atom stereocenters. The third-order valence-electron chi connectivity index (χ3n) is 2.93. The number of hydrogen-bond acceptors (Lipinski definition) is 1. The number of rotatable bonds is 2. The first-order chi connectivity index (χ1) is 7.13. The van der Waals surface area contributed by atoms with Gasteiger partial charge in [0.15, 0.2) is 0 Å². The van der Waals surface area contributed by atoms with Crippen LogP contribution in [0.15, 0.2) is 42.5 Å². The zero-order chi connectivity index (χ0) is 10.9. The van der Waals surface area contributed by atoms with E-state index in [-0.39, 0.29) is 12.0 Å². The molecule has 78 valence electrons. The van der Waals surface area contributed by atoms with Gasteiger partial charge in [-0.05, 0) is 16.3 Å². The van der Waals surface area contributed by atoms with Gasteiger partial charge < -0.3 is 5.11 Å². The molecule has 0 bridgehead atoms. The molecule has 1 nitrogen and oxygen atoms in total. The summed E-state index contributed by atoms with van der Waals surface area (Å²) < 4.78 is 0. The average Bonchev–Trinajstić information content (AvgIpc) is 2.28. The van der Waals surface area contributed by atoms with Gasteiger partial charge in [0.25, 0.3) is 0 Å². The summed E-state index contributed by atoms with van der Waals surface area (Å²) in [7, 11) is 0. The Morgan fingerprint density at radius 2 is 1.67 bits per heavy atom. The molecule has 2 aromatic carbocycles. The van der Waals surface area contributed by atoms with Crippen molar-refractivity contribution < 1.29 is 5.11 Å². The van der Waals surface area contributed by atoms with Crippen molar-refractivity contribution >= 4 is 10.8 Å². The van der Waals surface area contributed by atoms with Crippen LogP contribution in [-0.4, -0.2) is 11.7 Å². The second kappa shape index (κ2) is 3.67. The average molecular weight is 200 g/mol. The maximum Gasteiger partial charge on any atom is 0.0522 e. The number of benzene rings is 2. The van der Waals surface area contributed by atoms with Crippen molar-refractivity contribution in [1.29, 1.82) is 0 Å². The standard InChI is InChI=1S/C14H16O/c1-14(2,10-15)13-8-7-11-5-3-4-6-12(11)9-13/h3-9,15H,10H2,1-2H3. The van der Waals surface area contributed by atoms with Gasteiger partial charge in [-0.2, -0.15) is 0 Å². The number of aliphatic hydroxyl groups is 1. The van der Waals surface area contributed by atoms with Crippen molar-refractivity contribution in [2.75, 3.05) is 6.61 Å². The molecule has 1 N–H and O–H groups in total. The first-order valence-corrected chi connectivity index (χ1v) is 5.24. The summed E-state index contributed by atoms with van der Waals surface area (Å²) in [6, 6.07) is 14.7. The topological polar surface area (TPSA) is 20.2 Å². The van der Waals surface area contributed by atoms with Crippen LogP contribution in [0, 0.1) is 0 Å². The Morgan fingerprint density at radius 1 is 1.00 bits per heavy atom. The largest absolute Gasteiger partial charge is 0.395 e. The summed E-state index contributed by atoms with van der Waals surface area (Å²) >= 11 is 0. The van der Waals surface area contributed by atoms with Gasteiger partial charge >= 0.3 is 0 Å². The van der Waals surface area contributed by atoms with E-state index in [4.69, 9.17) is 0 Å². The van der Waals surface area contributed by atoms with E-state index in [2.05, 4.69) is 44.2 Å². The van der Waals surface area contributed by atoms with Crippen LogP contribution in [-0.2, 0) is 5.41 Å². The van der Waals surface area contributed by atoms with Crippen LogP contribution < -0.4 is 0 Å². The molecular formula is C14H16O. The molecule has 15 heavy (non-hydrogen) atoms. The minimum atomic E-state index is -0.163. The third-order valence-corrected chi connectivity index (χ3v) is 2.93. The third kappa shape index (κ3) is 1.88. The van der Waals surface area contributed by atoms with Gasteiger partial charge in [0, 0.05) is 5.41 Å². The highest BCUT2D eigenvalue weighted by atomic mass is 16.3. The summed E-state index contributed by atoms with van der Waals surface area (Å²) in [5, 5.41) is 11.8. The molecule has 0 atom stereocenters. The fraction of sp³-hybridized carbons (Fsp3) is 0.286. The van der Waals surface area contributed by atoms with E-state index in [1.54, 1.807) is 0 Å². The normalized spacial score (nSPS) is 11.9. The van der Waals surface area contributed by atoms with Crippen molar-refractivity contribution in [1.82, 2.24) is 0 Å². The Balaban J connectivity index is 2.56. The van der Waals surface area contributed by atoms with Crippen molar-refractivity contribution in [2.45, 2.75) is 19.3 Å². The van der Waals surface area contributed by atoms with Gasteiger partial charge in [-0.3, -0.25) is 0 Å². The van der Waals surface area contributed by atoms with Gasteiger partial charge in [-0.15, -0.1) is 0 Å². The summed E-state index contributed by atoms with van der Waals surface area (Å²) in [6.45, 7) is 4.28. The molecule has 0 heterocycles. The van der Waals surface area contributed by atoms with Crippen LogP contribution in [0.1, 0.15) is 19.4 Å². The molecule has 0 aliphatic rings. The van der Waals surface area contributed by atoms with Crippen molar-refractivity contribution in [2.24, 2.45) is 0 Å². The quantitative estimate of drug-likeness (QED) is 0.789. The molecule has 0 fully saturated rings. The number of aliphatic hydroxyl groups excluding tert-OH is 1. The predicted octanol–water partition coefficient (Wildman–Crippen LogP) is 3.11. The first kappa shape index (κ1) is 10.2. The summed E-state index contributed by atoms with van der Waals surface area (Å²) in [4.78, 5) is 0. The molecule has 0 saturated heterocycles. The lowest BCUT2D eigenvalue weighted by molar-refractivity contribution is 0.218. The molecule has 2 aromatic rings. The number of fused-ring (bicyclic) bond motifs is 1. The van der Waals surface area contributed by atoms with Crippen LogP contribution in [0.2, 0.25) is 0 Å². The fourth-order valence-electron chi connectivity index (χ4n) is 1.70. The lowest BCUT2D eigenvalue weighted by Crippen LogP contribution is -2.21. The lowest BCUT2D eigenvalue weighted by Gasteiger charge is -2.22. The molecule has 0 aromatic heterocycles. The van der Waals surface area contributed by atoms with Crippen LogP contribution >= 0.6 is 0 Å². The van der Waals surface area contributed by atoms with E-state index in [0.717, 1.165) is 0 Å². The number of hydrogen-bond donors (Lipinski definition) is 1. The Bertz CT molecular complexity index is 471. The van der Waals surface area contributed by atoms with E-state index in [1.807, 2.05) is 12.1 Å². The second-order valence-corrected chi connectivity index (χ2v) is 4.60. The summed E-state index contributed by atoms with van der Waals surface area (Å²) in [5.41, 5.74) is 1.02. The minimum Gasteiger partial charge on any atom is -0.395 e. The molecule has 0 saturated carbocycles. The first-order valence-electron chi connectivity index (χ1n) is 5.24. The van der Waals surface area contributed by atoms with E-state index in [0.29, 0.717) is 0 Å². The van der Waals surface area contributed by atoms with Crippen LogP contribution in [0.4, 0.5) is 0 Å². The van der Waals surface area contributed by atoms with Crippen molar-refractivity contribution in [3.05, 3.63) is 48.0 Å². The van der Waals surface area contributed by atoms with Crippen molar-refractivity contribution in [3.8, 4) is 0 Å². The van der Waals surface area contributed by atoms with Gasteiger partial charge in [0.2, 0.25) is 0 Å². The predicted molar refractivity (Wildman–Crippen MR) is 64.1 cm³/mol. The Morgan fingerprint density at radius 3 is 2.33 bits per heavy atom. The molecular weight excluding hydrogens is 184 g/mol. The molecule has 1 heteroatoms. The van der Waals surface area contributed by atoms with Crippen LogP contribution in [0.5, 0.6) is 0 Å². The monoisotopic (exact) mass is 200 g/mol. The van der Waals surface area contributed by atoms with Gasteiger partial charge in [0.05, 0.1) is 6.61 Å². The highest BCUT2D eigenvalue weighted by molar-refractivity contribution is 5.83. The molecule has 0 aliphatic carbocycles. The minimum absolute atomic E-state index is 0.163. The van der Waals surface area contributed by atoms with Crippen molar-refractivity contribution in [3.63, 3.8) is 0 Å². The van der Waals surface area contributed by atoms with E-state index in [1.165, 1.54) is 16.3 Å².